The molecule has 0 aliphatic rings. The first-order chi connectivity index (χ1) is 7.39. The largest absolute Gasteiger partial charge is 0.389 e. The van der Waals surface area contributed by atoms with Gasteiger partial charge in [-0.25, -0.2) is 0 Å². The third-order valence-electron chi connectivity index (χ3n) is 1.81. The summed E-state index contributed by atoms with van der Waals surface area (Å²) >= 11 is 0. The first-order valence-electron chi connectivity index (χ1n) is 5.37. The number of rotatable bonds is 8. The molecule has 0 fully saturated rings. The Labute approximate surface area is 93.9 Å². The lowest BCUT2D eigenvalue weighted by Crippen LogP contribution is -2.40. The van der Waals surface area contributed by atoms with Crippen molar-refractivity contribution in [2.75, 3.05) is 19.8 Å². The van der Waals surface area contributed by atoms with Crippen molar-refractivity contribution in [2.45, 2.75) is 45.8 Å². The third kappa shape index (κ3) is 6.30. The third-order valence-corrected chi connectivity index (χ3v) is 1.81. The van der Waals surface area contributed by atoms with E-state index in [1.165, 1.54) is 0 Å². The van der Waals surface area contributed by atoms with Gasteiger partial charge in [0.05, 0.1) is 6.42 Å². The van der Waals surface area contributed by atoms with Gasteiger partial charge in [0.1, 0.15) is 0 Å². The average molecular weight is 244 g/mol. The molecule has 0 radical (unpaired) electrons. The van der Waals surface area contributed by atoms with E-state index in [-0.39, 0.29) is 26.2 Å². The van der Waals surface area contributed by atoms with E-state index in [1.807, 2.05) is 0 Å². The number of alkyl halides is 3. The minimum Gasteiger partial charge on any atom is -0.328 e. The molecule has 0 aromatic rings. The van der Waals surface area contributed by atoms with Crippen LogP contribution in [0.4, 0.5) is 13.2 Å². The van der Waals surface area contributed by atoms with E-state index in [9.17, 15) is 13.2 Å². The molecule has 0 aliphatic heterocycles. The summed E-state index contributed by atoms with van der Waals surface area (Å²) < 4.78 is 51.9. The molecule has 98 valence electrons. The summed E-state index contributed by atoms with van der Waals surface area (Å²) in [7, 11) is 0. The lowest BCUT2D eigenvalue weighted by molar-refractivity contribution is -0.384. The first-order valence-corrected chi connectivity index (χ1v) is 5.37. The number of hydrogen-bond acceptors (Lipinski definition) is 3. The van der Waals surface area contributed by atoms with E-state index in [1.54, 1.807) is 20.8 Å². The van der Waals surface area contributed by atoms with Crippen molar-refractivity contribution in [1.29, 1.82) is 0 Å². The molecule has 16 heavy (non-hydrogen) atoms. The summed E-state index contributed by atoms with van der Waals surface area (Å²) in [5.74, 6) is -1.56. The summed E-state index contributed by atoms with van der Waals surface area (Å²) in [5, 5.41) is 0. The van der Waals surface area contributed by atoms with Gasteiger partial charge in [0.15, 0.2) is 0 Å². The minimum absolute atomic E-state index is 0.234. The second-order valence-corrected chi connectivity index (χ2v) is 3.10. The molecule has 0 unspecified atom stereocenters. The van der Waals surface area contributed by atoms with Crippen LogP contribution in [-0.2, 0) is 14.2 Å². The van der Waals surface area contributed by atoms with Crippen molar-refractivity contribution in [3.8, 4) is 0 Å². The fraction of sp³-hybridized carbons (Fsp3) is 1.00. The van der Waals surface area contributed by atoms with Gasteiger partial charge in [-0.05, 0) is 20.8 Å². The first kappa shape index (κ1) is 15.7. The van der Waals surface area contributed by atoms with Gasteiger partial charge in [0, 0.05) is 26.2 Å². The Morgan fingerprint density at radius 1 is 0.750 bits per heavy atom. The van der Waals surface area contributed by atoms with Crippen molar-refractivity contribution >= 4 is 0 Å². The highest BCUT2D eigenvalue weighted by atomic mass is 19.4. The lowest BCUT2D eigenvalue weighted by Gasteiger charge is -2.32. The van der Waals surface area contributed by atoms with Gasteiger partial charge in [-0.1, -0.05) is 0 Å². The van der Waals surface area contributed by atoms with E-state index in [4.69, 9.17) is 14.2 Å². The highest BCUT2D eigenvalue weighted by Gasteiger charge is 2.38. The maximum atomic E-state index is 12.1. The Bertz CT molecular complexity index is 166. The van der Waals surface area contributed by atoms with Crippen LogP contribution in [0.3, 0.4) is 0 Å². The molecule has 0 aliphatic carbocycles. The molecule has 0 atom stereocenters. The highest BCUT2D eigenvalue weighted by Crippen LogP contribution is 2.29. The second kappa shape index (κ2) is 7.09. The summed E-state index contributed by atoms with van der Waals surface area (Å²) in [6.07, 6.45) is -5.59. The van der Waals surface area contributed by atoms with Gasteiger partial charge in [-0.15, -0.1) is 0 Å². The summed E-state index contributed by atoms with van der Waals surface area (Å²) in [6, 6.07) is 0. The normalized spacial score (nSPS) is 13.1. The quantitative estimate of drug-likeness (QED) is 0.614. The molecule has 0 N–H and O–H groups in total. The summed E-state index contributed by atoms with van der Waals surface area (Å²) in [5.41, 5.74) is 0. The van der Waals surface area contributed by atoms with E-state index in [0.717, 1.165) is 0 Å². The molecule has 0 saturated heterocycles. The summed E-state index contributed by atoms with van der Waals surface area (Å²) in [4.78, 5) is 0. The number of hydrogen-bond donors (Lipinski definition) is 0. The van der Waals surface area contributed by atoms with Gasteiger partial charge in [-0.2, -0.15) is 13.2 Å². The van der Waals surface area contributed by atoms with Gasteiger partial charge in [0.2, 0.25) is 0 Å². The van der Waals surface area contributed by atoms with Crippen LogP contribution in [0.5, 0.6) is 0 Å². The monoisotopic (exact) mass is 244 g/mol. The standard InChI is InChI=1S/C10H19F3O3/c1-4-14-10(15-5-2,16-6-3)8-7-9(11,12)13/h4-8H2,1-3H3. The van der Waals surface area contributed by atoms with E-state index >= 15 is 0 Å². The van der Waals surface area contributed by atoms with Crippen LogP contribution in [0, 0.1) is 0 Å². The molecular formula is C10H19F3O3. The zero-order valence-corrected chi connectivity index (χ0v) is 9.89. The maximum absolute atomic E-state index is 12.1. The Morgan fingerprint density at radius 2 is 1.12 bits per heavy atom. The minimum atomic E-state index is -4.24. The predicted octanol–water partition coefficient (Wildman–Crippen LogP) is 3.09. The fourth-order valence-electron chi connectivity index (χ4n) is 1.30. The topological polar surface area (TPSA) is 27.7 Å². The van der Waals surface area contributed by atoms with Gasteiger partial charge in [0.25, 0.3) is 5.97 Å². The molecule has 0 aromatic heterocycles. The van der Waals surface area contributed by atoms with Crippen molar-refractivity contribution in [2.24, 2.45) is 0 Å². The maximum Gasteiger partial charge on any atom is 0.389 e. The lowest BCUT2D eigenvalue weighted by atomic mass is 10.2. The van der Waals surface area contributed by atoms with E-state index < -0.39 is 18.6 Å². The van der Waals surface area contributed by atoms with Crippen LogP contribution in [0.25, 0.3) is 0 Å². The molecule has 0 heterocycles. The van der Waals surface area contributed by atoms with Crippen LogP contribution in [0.15, 0.2) is 0 Å². The van der Waals surface area contributed by atoms with Crippen molar-refractivity contribution in [3.05, 3.63) is 0 Å². The molecule has 6 heteroatoms. The van der Waals surface area contributed by atoms with Crippen LogP contribution >= 0.6 is 0 Å². The molecule has 0 aromatic carbocycles. The highest BCUT2D eigenvalue weighted by molar-refractivity contribution is 4.62. The van der Waals surface area contributed by atoms with Crippen LogP contribution in [0.1, 0.15) is 33.6 Å². The Hall–Kier alpha value is -0.330. The zero-order chi connectivity index (χ0) is 12.7. The average Bonchev–Trinajstić information content (AvgIpc) is 2.15. The van der Waals surface area contributed by atoms with Crippen LogP contribution in [-0.4, -0.2) is 32.0 Å². The Balaban J connectivity index is 4.46. The van der Waals surface area contributed by atoms with Crippen molar-refractivity contribution in [1.82, 2.24) is 0 Å². The Kier molecular flexibility index (Phi) is 6.94. The molecule has 0 saturated carbocycles. The second-order valence-electron chi connectivity index (χ2n) is 3.10. The van der Waals surface area contributed by atoms with Crippen molar-refractivity contribution < 1.29 is 27.4 Å². The predicted molar refractivity (Wildman–Crippen MR) is 52.9 cm³/mol. The Morgan fingerprint density at radius 3 is 1.38 bits per heavy atom. The van der Waals surface area contributed by atoms with Gasteiger partial charge in [-0.3, -0.25) is 0 Å². The SMILES string of the molecule is CCOC(CCC(F)(F)F)(OCC)OCC. The van der Waals surface area contributed by atoms with Gasteiger partial charge >= 0.3 is 6.18 Å². The smallest absolute Gasteiger partial charge is 0.328 e. The molecule has 3 nitrogen and oxygen atoms in total. The molecule has 0 spiro atoms. The molecule has 0 rings (SSSR count). The van der Waals surface area contributed by atoms with Crippen molar-refractivity contribution in [3.63, 3.8) is 0 Å². The van der Waals surface area contributed by atoms with E-state index in [2.05, 4.69) is 0 Å². The molecule has 0 bridgehead atoms. The fourth-order valence-corrected chi connectivity index (χ4v) is 1.30. The molecule has 0 amide bonds. The van der Waals surface area contributed by atoms with E-state index in [0.29, 0.717) is 0 Å². The van der Waals surface area contributed by atoms with Gasteiger partial charge < -0.3 is 14.2 Å². The zero-order valence-electron chi connectivity index (χ0n) is 9.89. The molecular weight excluding hydrogens is 225 g/mol. The van der Waals surface area contributed by atoms with Crippen LogP contribution in [0.2, 0.25) is 0 Å². The number of ether oxygens (including phenoxy) is 3. The van der Waals surface area contributed by atoms with Crippen LogP contribution < -0.4 is 0 Å². The number of halogens is 3. The summed E-state index contributed by atoms with van der Waals surface area (Å²) in [6.45, 7) is 5.74.